The molecule has 0 aliphatic rings. The maximum absolute atomic E-state index is 12.5. The van der Waals surface area contributed by atoms with Crippen molar-refractivity contribution < 1.29 is 33.0 Å². The van der Waals surface area contributed by atoms with E-state index in [4.69, 9.17) is 9.47 Å². The molecule has 0 fully saturated rings. The van der Waals surface area contributed by atoms with Crippen LogP contribution in [0.5, 0.6) is 17.2 Å². The number of methoxy groups -OCH3 is 1. The van der Waals surface area contributed by atoms with Gasteiger partial charge in [0.1, 0.15) is 31.5 Å². The first-order valence-electron chi connectivity index (χ1n) is 10.3. The summed E-state index contributed by atoms with van der Waals surface area (Å²) in [5, 5.41) is 10.4. The fourth-order valence-electron chi connectivity index (χ4n) is 3.46. The van der Waals surface area contributed by atoms with Gasteiger partial charge in [0.2, 0.25) is 0 Å². The van der Waals surface area contributed by atoms with Crippen molar-refractivity contribution in [3.05, 3.63) is 78.4 Å². The molecule has 0 saturated heterocycles. The van der Waals surface area contributed by atoms with E-state index in [2.05, 4.69) is 4.74 Å². The summed E-state index contributed by atoms with van der Waals surface area (Å²) in [6, 6.07) is 22.7. The predicted molar refractivity (Wildman–Crippen MR) is 118 cm³/mol. The predicted octanol–water partition coefficient (Wildman–Crippen LogP) is 3.42. The highest BCUT2D eigenvalue weighted by atomic mass is 19.3. The van der Waals surface area contributed by atoms with Gasteiger partial charge in [-0.05, 0) is 41.5 Å². The van der Waals surface area contributed by atoms with Crippen LogP contribution < -0.4 is 19.1 Å². The smallest absolute Gasteiger partial charge is 0.387 e. The van der Waals surface area contributed by atoms with Gasteiger partial charge in [0.25, 0.3) is 0 Å². The number of rotatable bonds is 11. The Hall–Kier alpha value is -3.16. The molecule has 7 heteroatoms. The maximum Gasteiger partial charge on any atom is 0.387 e. The first kappa shape index (κ1) is 23.5. The SMILES string of the molecule is COc1cc(C[NH+](C)C[C@@H](O)COc2ccc(-c3ccccc3)cc2)ccc1OC(F)F. The fraction of sp³-hybridized carbons (Fsp3) is 0.280. The molecule has 1 unspecified atom stereocenters. The van der Waals surface area contributed by atoms with Crippen molar-refractivity contribution in [2.24, 2.45) is 0 Å². The molecule has 3 aromatic rings. The minimum atomic E-state index is -2.91. The van der Waals surface area contributed by atoms with Crippen LogP contribution in [-0.2, 0) is 6.54 Å². The highest BCUT2D eigenvalue weighted by Gasteiger charge is 2.16. The summed E-state index contributed by atoms with van der Waals surface area (Å²) in [5.74, 6) is 0.940. The van der Waals surface area contributed by atoms with Gasteiger partial charge in [-0.3, -0.25) is 0 Å². The summed E-state index contributed by atoms with van der Waals surface area (Å²) in [4.78, 5) is 1.03. The van der Waals surface area contributed by atoms with Crippen LogP contribution in [0.25, 0.3) is 11.1 Å². The lowest BCUT2D eigenvalue weighted by atomic mass is 10.1. The van der Waals surface area contributed by atoms with E-state index < -0.39 is 12.7 Å². The zero-order chi connectivity index (χ0) is 22.9. The zero-order valence-electron chi connectivity index (χ0n) is 18.1. The summed E-state index contributed by atoms with van der Waals surface area (Å²) >= 11 is 0. The molecule has 2 atom stereocenters. The van der Waals surface area contributed by atoms with Crippen molar-refractivity contribution in [1.29, 1.82) is 0 Å². The molecule has 32 heavy (non-hydrogen) atoms. The van der Waals surface area contributed by atoms with Crippen molar-refractivity contribution in [1.82, 2.24) is 0 Å². The van der Waals surface area contributed by atoms with Crippen molar-refractivity contribution in [3.8, 4) is 28.4 Å². The molecule has 0 aromatic heterocycles. The molecule has 0 heterocycles. The monoisotopic (exact) mass is 444 g/mol. The number of aliphatic hydroxyl groups excluding tert-OH is 1. The van der Waals surface area contributed by atoms with Crippen LogP contribution in [0.1, 0.15) is 5.56 Å². The van der Waals surface area contributed by atoms with E-state index in [-0.39, 0.29) is 18.1 Å². The lowest BCUT2D eigenvalue weighted by Crippen LogP contribution is -3.09. The van der Waals surface area contributed by atoms with Crippen LogP contribution in [0.15, 0.2) is 72.8 Å². The molecule has 0 saturated carbocycles. The van der Waals surface area contributed by atoms with Crippen molar-refractivity contribution >= 4 is 0 Å². The quantitative estimate of drug-likeness (QED) is 0.476. The Balaban J connectivity index is 1.48. The first-order valence-corrected chi connectivity index (χ1v) is 10.3. The number of hydrogen-bond donors (Lipinski definition) is 2. The maximum atomic E-state index is 12.5. The molecule has 5 nitrogen and oxygen atoms in total. The van der Waals surface area contributed by atoms with Gasteiger partial charge >= 0.3 is 6.61 Å². The highest BCUT2D eigenvalue weighted by Crippen LogP contribution is 2.29. The second kappa shape index (κ2) is 11.5. The summed E-state index contributed by atoms with van der Waals surface area (Å²) in [5.41, 5.74) is 3.11. The lowest BCUT2D eigenvalue weighted by molar-refractivity contribution is -0.897. The Morgan fingerprint density at radius 2 is 1.59 bits per heavy atom. The third-order valence-corrected chi connectivity index (χ3v) is 4.94. The summed E-state index contributed by atoms with van der Waals surface area (Å²) < 4.78 is 40.2. The molecule has 0 aliphatic carbocycles. The average Bonchev–Trinajstić information content (AvgIpc) is 2.79. The van der Waals surface area contributed by atoms with Crippen LogP contribution in [-0.4, -0.2) is 45.1 Å². The summed E-state index contributed by atoms with van der Waals surface area (Å²) in [6.07, 6.45) is -0.660. The number of aliphatic hydroxyl groups is 1. The van der Waals surface area contributed by atoms with Gasteiger partial charge < -0.3 is 24.2 Å². The summed E-state index contributed by atoms with van der Waals surface area (Å²) in [6.45, 7) is -1.70. The highest BCUT2D eigenvalue weighted by molar-refractivity contribution is 5.63. The summed E-state index contributed by atoms with van der Waals surface area (Å²) in [7, 11) is 3.34. The van der Waals surface area contributed by atoms with Gasteiger partial charge in [0.15, 0.2) is 11.5 Å². The number of nitrogens with one attached hydrogen (secondary N) is 1. The van der Waals surface area contributed by atoms with E-state index in [0.717, 1.165) is 21.6 Å². The van der Waals surface area contributed by atoms with Gasteiger partial charge in [0, 0.05) is 5.56 Å². The molecule has 3 aromatic carbocycles. The van der Waals surface area contributed by atoms with Crippen molar-refractivity contribution in [2.75, 3.05) is 27.3 Å². The number of ether oxygens (including phenoxy) is 3. The standard InChI is InChI=1S/C25H27F2NO4/c1-28(15-18-8-13-23(32-25(26)27)24(14-18)30-2)16-21(29)17-31-22-11-9-20(10-12-22)19-6-4-3-5-7-19/h3-14,21,25,29H,15-17H2,1-2H3/p+1/t21-/m1/s1. The van der Waals surface area contributed by atoms with Crippen LogP contribution in [0.3, 0.4) is 0 Å². The van der Waals surface area contributed by atoms with E-state index in [9.17, 15) is 13.9 Å². The van der Waals surface area contributed by atoms with Gasteiger partial charge in [0.05, 0.1) is 14.2 Å². The molecule has 0 spiro atoms. The van der Waals surface area contributed by atoms with Crippen molar-refractivity contribution in [3.63, 3.8) is 0 Å². The minimum Gasteiger partial charge on any atom is -0.493 e. The Morgan fingerprint density at radius 3 is 2.25 bits per heavy atom. The molecule has 2 N–H and O–H groups in total. The number of alkyl halides is 2. The zero-order valence-corrected chi connectivity index (χ0v) is 18.1. The van der Waals surface area contributed by atoms with Crippen LogP contribution in [0.2, 0.25) is 0 Å². The molecule has 170 valence electrons. The van der Waals surface area contributed by atoms with E-state index in [1.54, 1.807) is 12.1 Å². The Bertz CT molecular complexity index is 967. The number of hydrogen-bond acceptors (Lipinski definition) is 4. The van der Waals surface area contributed by atoms with Gasteiger partial charge in [-0.2, -0.15) is 8.78 Å². The largest absolute Gasteiger partial charge is 0.493 e. The normalized spacial score (nSPS) is 12.9. The fourth-order valence-corrected chi connectivity index (χ4v) is 3.46. The molecular formula is C25H28F2NO4+. The topological polar surface area (TPSA) is 52.4 Å². The number of likely N-dealkylation sites (N-methyl/N-ethyl adjacent to an activating group) is 1. The van der Waals surface area contributed by atoms with Gasteiger partial charge in [-0.1, -0.05) is 42.5 Å². The van der Waals surface area contributed by atoms with Gasteiger partial charge in [-0.25, -0.2) is 0 Å². The molecule has 0 radical (unpaired) electrons. The minimum absolute atomic E-state index is 0.00405. The second-order valence-corrected chi connectivity index (χ2v) is 7.56. The van der Waals surface area contributed by atoms with E-state index >= 15 is 0 Å². The first-order chi connectivity index (χ1) is 15.4. The number of benzene rings is 3. The third-order valence-electron chi connectivity index (χ3n) is 4.94. The third kappa shape index (κ3) is 6.93. The van der Waals surface area contributed by atoms with Crippen LogP contribution in [0, 0.1) is 0 Å². The van der Waals surface area contributed by atoms with Crippen molar-refractivity contribution in [2.45, 2.75) is 19.3 Å². The molecule has 0 amide bonds. The van der Waals surface area contributed by atoms with E-state index in [0.29, 0.717) is 18.8 Å². The number of halogens is 2. The van der Waals surface area contributed by atoms with Crippen LogP contribution >= 0.6 is 0 Å². The Morgan fingerprint density at radius 1 is 0.906 bits per heavy atom. The Kier molecular flexibility index (Phi) is 8.41. The van der Waals surface area contributed by atoms with E-state index in [1.165, 1.54) is 13.2 Å². The van der Waals surface area contributed by atoms with E-state index in [1.807, 2.05) is 61.6 Å². The lowest BCUT2D eigenvalue weighted by Gasteiger charge is -2.19. The average molecular weight is 444 g/mol. The Labute approximate surface area is 186 Å². The van der Waals surface area contributed by atoms with Crippen LogP contribution in [0.4, 0.5) is 8.78 Å². The molecule has 0 aliphatic heterocycles. The second-order valence-electron chi connectivity index (χ2n) is 7.56. The molecule has 0 bridgehead atoms. The molecular weight excluding hydrogens is 416 g/mol. The number of quaternary nitrogens is 1. The van der Waals surface area contributed by atoms with Gasteiger partial charge in [-0.15, -0.1) is 0 Å². The molecule has 3 rings (SSSR count).